The van der Waals surface area contributed by atoms with Crippen LogP contribution in [0.15, 0.2) is 48.5 Å². The van der Waals surface area contributed by atoms with Gasteiger partial charge in [0.15, 0.2) is 0 Å². The number of likely N-dealkylation sites (tertiary alicyclic amines) is 1. The number of carbonyl (C=O) groups is 3. The van der Waals surface area contributed by atoms with Crippen molar-refractivity contribution in [2.75, 3.05) is 17.2 Å². The van der Waals surface area contributed by atoms with Gasteiger partial charge in [-0.25, -0.2) is 0 Å². The molecule has 0 radical (unpaired) electrons. The zero-order chi connectivity index (χ0) is 27.4. The summed E-state index contributed by atoms with van der Waals surface area (Å²) in [6.45, 7) is 5.28. The van der Waals surface area contributed by atoms with Crippen molar-refractivity contribution in [1.29, 1.82) is 0 Å². The van der Waals surface area contributed by atoms with Gasteiger partial charge in [0.2, 0.25) is 17.7 Å². The molecule has 3 saturated heterocycles. The number of ether oxygens (including phenoxy) is 1. The van der Waals surface area contributed by atoms with Crippen molar-refractivity contribution in [2.45, 2.75) is 55.8 Å². The number of halogens is 2. The summed E-state index contributed by atoms with van der Waals surface area (Å²) in [6, 6.07) is 12.6. The maximum absolute atomic E-state index is 14.2. The van der Waals surface area contributed by atoms with Gasteiger partial charge in [-0.1, -0.05) is 71.7 Å². The smallest absolute Gasteiger partial charge is 0.250 e. The Morgan fingerprint density at radius 1 is 1.16 bits per heavy atom. The summed E-state index contributed by atoms with van der Waals surface area (Å²) in [7, 11) is 0. The number of anilines is 2. The monoisotopic (exact) mass is 603 g/mol. The molecule has 2 bridgehead atoms. The van der Waals surface area contributed by atoms with Crippen LogP contribution in [0.3, 0.4) is 0 Å². The largest absolute Gasteiger partial charge is 0.394 e. The molecule has 0 aliphatic carbocycles. The van der Waals surface area contributed by atoms with Gasteiger partial charge in [-0.05, 0) is 43.0 Å². The number of alkyl halides is 1. The van der Waals surface area contributed by atoms with Crippen molar-refractivity contribution in [1.82, 2.24) is 4.90 Å². The third-order valence-corrected chi connectivity index (χ3v) is 9.26. The minimum atomic E-state index is -1.24. The summed E-state index contributed by atoms with van der Waals surface area (Å²) in [5, 5.41) is 16.6. The second-order valence-electron chi connectivity index (χ2n) is 10.7. The van der Waals surface area contributed by atoms with Gasteiger partial charge in [0, 0.05) is 10.5 Å². The van der Waals surface area contributed by atoms with Crippen LogP contribution in [0.25, 0.3) is 0 Å². The van der Waals surface area contributed by atoms with Crippen LogP contribution < -0.4 is 10.6 Å². The molecule has 8 nitrogen and oxygen atoms in total. The van der Waals surface area contributed by atoms with Crippen LogP contribution >= 0.6 is 27.5 Å². The van der Waals surface area contributed by atoms with Gasteiger partial charge in [-0.2, -0.15) is 0 Å². The van der Waals surface area contributed by atoms with Crippen molar-refractivity contribution in [3.63, 3.8) is 0 Å². The Morgan fingerprint density at radius 2 is 1.87 bits per heavy atom. The Bertz CT molecular complexity index is 1240. The van der Waals surface area contributed by atoms with E-state index < -0.39 is 41.5 Å². The molecule has 3 fully saturated rings. The number of rotatable bonds is 7. The van der Waals surface area contributed by atoms with Crippen LogP contribution in [0, 0.1) is 24.7 Å². The van der Waals surface area contributed by atoms with Crippen LogP contribution in [-0.2, 0) is 19.1 Å². The Balaban J connectivity index is 1.56. The highest BCUT2D eigenvalue weighted by Gasteiger charge is 2.77. The average molecular weight is 605 g/mol. The topological polar surface area (TPSA) is 108 Å². The molecule has 202 valence electrons. The Hall–Kier alpha value is -2.46. The molecule has 2 aromatic rings. The predicted molar refractivity (Wildman–Crippen MR) is 148 cm³/mol. The first-order valence-corrected chi connectivity index (χ1v) is 14.1. The highest BCUT2D eigenvalue weighted by Crippen LogP contribution is 2.60. The van der Waals surface area contributed by atoms with Crippen LogP contribution in [0.5, 0.6) is 0 Å². The maximum Gasteiger partial charge on any atom is 0.250 e. The lowest BCUT2D eigenvalue weighted by Crippen LogP contribution is -2.57. The molecule has 3 unspecified atom stereocenters. The number of nitrogens with zero attached hydrogens (tertiary/aromatic N) is 1. The van der Waals surface area contributed by atoms with Gasteiger partial charge >= 0.3 is 0 Å². The van der Waals surface area contributed by atoms with Crippen molar-refractivity contribution in [3.05, 3.63) is 59.1 Å². The summed E-state index contributed by atoms with van der Waals surface area (Å²) >= 11 is 10.1. The molecule has 3 aliphatic heterocycles. The molecule has 38 heavy (non-hydrogen) atoms. The molecule has 0 aromatic heterocycles. The number of para-hydroxylation sites is 2. The molecule has 10 heteroatoms. The maximum atomic E-state index is 14.2. The highest BCUT2D eigenvalue weighted by atomic mass is 79.9. The van der Waals surface area contributed by atoms with Crippen LogP contribution in [0.2, 0.25) is 5.02 Å². The molecule has 7 atom stereocenters. The van der Waals surface area contributed by atoms with E-state index in [1.54, 1.807) is 24.3 Å². The first-order chi connectivity index (χ1) is 18.1. The average Bonchev–Trinajstić information content (AvgIpc) is 3.46. The number of hydrogen-bond donors (Lipinski definition) is 3. The third kappa shape index (κ3) is 4.24. The minimum absolute atomic E-state index is 0.148. The third-order valence-electron chi connectivity index (χ3n) is 8.10. The van der Waals surface area contributed by atoms with Gasteiger partial charge < -0.3 is 25.4 Å². The summed E-state index contributed by atoms with van der Waals surface area (Å²) < 4.78 is 6.53. The van der Waals surface area contributed by atoms with Crippen LogP contribution in [0.1, 0.15) is 25.8 Å². The van der Waals surface area contributed by atoms with E-state index in [0.717, 1.165) is 5.56 Å². The van der Waals surface area contributed by atoms with Crippen molar-refractivity contribution < 1.29 is 24.2 Å². The van der Waals surface area contributed by atoms with Crippen molar-refractivity contribution in [3.8, 4) is 0 Å². The Morgan fingerprint density at radius 3 is 2.50 bits per heavy atom. The number of amides is 3. The number of aryl methyl sites for hydroxylation is 1. The summed E-state index contributed by atoms with van der Waals surface area (Å²) in [5.74, 6) is -2.98. The van der Waals surface area contributed by atoms with Crippen molar-refractivity contribution >= 4 is 56.6 Å². The van der Waals surface area contributed by atoms with E-state index in [1.807, 2.05) is 45.0 Å². The molecule has 3 N–H and O–H groups in total. The van der Waals surface area contributed by atoms with Crippen LogP contribution in [-0.4, -0.2) is 63.0 Å². The predicted octanol–water partition coefficient (Wildman–Crippen LogP) is 3.99. The van der Waals surface area contributed by atoms with E-state index in [0.29, 0.717) is 22.8 Å². The standard InChI is InChI=1S/C28H31BrClN3O5/c1-14(2)19(13-34)33-24(26(36)32-22-15(3)8-7-11-18(22)30)28-12-17(29)23(38-28)20(21(28)27(33)37)25(35)31-16-9-5-4-6-10-16/h4-11,14,17,19-21,23-24,34H,12-13H2,1-3H3,(H,31,35)(H,32,36)/t17?,19-,20+,21-,23+,24?,28?/m0/s1. The number of nitrogens with one attached hydrogen (secondary N) is 2. The van der Waals surface area contributed by atoms with Gasteiger partial charge in [-0.3, -0.25) is 14.4 Å². The molecule has 3 amide bonds. The zero-order valence-electron chi connectivity index (χ0n) is 21.4. The first kappa shape index (κ1) is 27.1. The zero-order valence-corrected chi connectivity index (χ0v) is 23.7. The fraction of sp³-hybridized carbons (Fsp3) is 0.464. The number of benzene rings is 2. The molecular weight excluding hydrogens is 574 g/mol. The van der Waals surface area contributed by atoms with Gasteiger partial charge in [0.05, 0.1) is 41.3 Å². The van der Waals surface area contributed by atoms with E-state index in [4.69, 9.17) is 16.3 Å². The Labute approximate surface area is 235 Å². The van der Waals surface area contributed by atoms with E-state index in [2.05, 4.69) is 26.6 Å². The SMILES string of the molecule is Cc1cccc(Cl)c1NC(=O)C1N([C@@H](CO)C(C)C)C(=O)[C@@H]2[C@@H](C(=O)Nc3ccccc3)[C@@H]3OC12CC3Br. The molecule has 1 spiro atoms. The lowest BCUT2D eigenvalue weighted by Gasteiger charge is -2.38. The summed E-state index contributed by atoms with van der Waals surface area (Å²) in [6.07, 6.45) is -0.214. The molecule has 0 saturated carbocycles. The summed E-state index contributed by atoms with van der Waals surface area (Å²) in [4.78, 5) is 43.1. The molecule has 3 aliphatic rings. The van der Waals surface area contributed by atoms with Gasteiger partial charge in [-0.15, -0.1) is 0 Å². The second-order valence-corrected chi connectivity index (χ2v) is 12.3. The van der Waals surface area contributed by atoms with E-state index in [-0.39, 0.29) is 29.2 Å². The number of fused-ring (bicyclic) bond motifs is 1. The molecule has 2 aromatic carbocycles. The molecular formula is C28H31BrClN3O5. The number of aliphatic hydroxyl groups is 1. The van der Waals surface area contributed by atoms with E-state index >= 15 is 0 Å². The lowest BCUT2D eigenvalue weighted by atomic mass is 9.70. The van der Waals surface area contributed by atoms with Crippen LogP contribution in [0.4, 0.5) is 11.4 Å². The number of carbonyl (C=O) groups excluding carboxylic acids is 3. The second kappa shape index (κ2) is 10.3. The van der Waals surface area contributed by atoms with Gasteiger partial charge in [0.25, 0.3) is 0 Å². The number of aliphatic hydroxyl groups excluding tert-OH is 1. The van der Waals surface area contributed by atoms with E-state index in [1.165, 1.54) is 4.90 Å². The fourth-order valence-corrected chi connectivity index (χ4v) is 7.58. The minimum Gasteiger partial charge on any atom is -0.394 e. The fourth-order valence-electron chi connectivity index (χ4n) is 6.37. The van der Waals surface area contributed by atoms with Crippen molar-refractivity contribution in [2.24, 2.45) is 17.8 Å². The normalized spacial score (nSPS) is 30.4. The lowest BCUT2D eigenvalue weighted by molar-refractivity contribution is -0.144. The van der Waals surface area contributed by atoms with E-state index in [9.17, 15) is 19.5 Å². The quantitative estimate of drug-likeness (QED) is 0.415. The van der Waals surface area contributed by atoms with Gasteiger partial charge in [0.1, 0.15) is 11.6 Å². The first-order valence-electron chi connectivity index (χ1n) is 12.8. The Kier molecular flexibility index (Phi) is 7.32. The highest BCUT2D eigenvalue weighted by molar-refractivity contribution is 9.09. The molecule has 3 heterocycles. The summed E-state index contributed by atoms with van der Waals surface area (Å²) in [5.41, 5.74) is 0.601. The molecule has 5 rings (SSSR count). The number of hydrogen-bond acceptors (Lipinski definition) is 5.